The standard InChI is InChI=1S/C30H37F5N2O5S/c1-2-43(40,41)26-13-7-20(8-14-26)27(17-38)36-28(39)21-5-11-24(12-6-21)37-16-22(15-25(37)18-42-29(31)32)19-3-9-23(10-4-19)30(33,34)35/h5-8,11-14,19,22-23,25,27,29,38H,2-4,9-10,15-18H2,1H3,(H,36,39)/t19?,22?,23?,25-,27-/m0/s1. The number of hydrogen-bond acceptors (Lipinski definition) is 6. The molecule has 0 bridgehead atoms. The first-order valence-electron chi connectivity index (χ1n) is 14.4. The van der Waals surface area contributed by atoms with Gasteiger partial charge in [0, 0.05) is 17.8 Å². The number of ether oxygens (including phenoxy) is 1. The Balaban J connectivity index is 1.42. The van der Waals surface area contributed by atoms with Gasteiger partial charge in [0.25, 0.3) is 5.91 Å². The molecule has 4 rings (SSSR count). The zero-order valence-electron chi connectivity index (χ0n) is 23.8. The Kier molecular flexibility index (Phi) is 10.7. The number of halogens is 5. The molecule has 1 amide bonds. The normalized spacial score (nSPS) is 23.9. The number of rotatable bonds is 11. The number of aliphatic hydroxyl groups excluding tert-OH is 1. The molecule has 13 heteroatoms. The number of nitrogens with one attached hydrogen (secondary N) is 1. The lowest BCUT2D eigenvalue weighted by Crippen LogP contribution is -2.34. The Morgan fingerprint density at radius 1 is 1.02 bits per heavy atom. The van der Waals surface area contributed by atoms with E-state index in [1.54, 1.807) is 24.3 Å². The number of carbonyl (C=O) groups excluding carboxylic acids is 1. The summed E-state index contributed by atoms with van der Waals surface area (Å²) in [7, 11) is -3.39. The van der Waals surface area contributed by atoms with Gasteiger partial charge in [-0.25, -0.2) is 8.42 Å². The molecule has 7 nitrogen and oxygen atoms in total. The Labute approximate surface area is 248 Å². The first-order valence-corrected chi connectivity index (χ1v) is 16.0. The van der Waals surface area contributed by atoms with Crippen molar-refractivity contribution in [3.05, 3.63) is 59.7 Å². The van der Waals surface area contributed by atoms with Crippen LogP contribution in [0, 0.1) is 17.8 Å². The van der Waals surface area contributed by atoms with Gasteiger partial charge < -0.3 is 20.1 Å². The van der Waals surface area contributed by atoms with Gasteiger partial charge in [-0.3, -0.25) is 4.79 Å². The van der Waals surface area contributed by atoms with Crippen molar-refractivity contribution < 1.29 is 45.0 Å². The minimum atomic E-state index is -4.20. The summed E-state index contributed by atoms with van der Waals surface area (Å²) in [5, 5.41) is 12.6. The van der Waals surface area contributed by atoms with Gasteiger partial charge in [-0.2, -0.15) is 22.0 Å². The maximum absolute atomic E-state index is 13.1. The molecule has 2 aromatic rings. The average Bonchev–Trinajstić information content (AvgIpc) is 3.43. The Hall–Kier alpha value is -2.77. The molecule has 1 heterocycles. The van der Waals surface area contributed by atoms with Crippen molar-refractivity contribution >= 4 is 21.4 Å². The summed E-state index contributed by atoms with van der Waals surface area (Å²) in [6.45, 7) is -1.57. The fraction of sp³-hybridized carbons (Fsp3) is 0.567. The summed E-state index contributed by atoms with van der Waals surface area (Å²) in [5.41, 5.74) is 1.49. The summed E-state index contributed by atoms with van der Waals surface area (Å²) < 4.78 is 93.9. The Morgan fingerprint density at radius 3 is 2.19 bits per heavy atom. The molecule has 1 unspecified atom stereocenters. The number of anilines is 1. The van der Waals surface area contributed by atoms with Crippen LogP contribution in [0.5, 0.6) is 0 Å². The van der Waals surface area contributed by atoms with E-state index in [0.717, 1.165) is 0 Å². The average molecular weight is 633 g/mol. The van der Waals surface area contributed by atoms with E-state index in [4.69, 9.17) is 0 Å². The van der Waals surface area contributed by atoms with Gasteiger partial charge in [0.15, 0.2) is 9.84 Å². The number of benzene rings is 2. The fourth-order valence-electron chi connectivity index (χ4n) is 6.22. The number of aliphatic hydroxyl groups is 1. The zero-order valence-corrected chi connectivity index (χ0v) is 24.6. The Morgan fingerprint density at radius 2 is 1.65 bits per heavy atom. The predicted molar refractivity (Wildman–Crippen MR) is 151 cm³/mol. The van der Waals surface area contributed by atoms with Crippen LogP contribution in [0.1, 0.15) is 61.0 Å². The van der Waals surface area contributed by atoms with Crippen molar-refractivity contribution in [2.75, 3.05) is 30.4 Å². The van der Waals surface area contributed by atoms with Crippen LogP contribution < -0.4 is 10.2 Å². The van der Waals surface area contributed by atoms with Gasteiger partial charge in [0.1, 0.15) is 0 Å². The second-order valence-corrected chi connectivity index (χ2v) is 13.6. The molecule has 0 aromatic heterocycles. The third-order valence-electron chi connectivity index (χ3n) is 8.73. The highest BCUT2D eigenvalue weighted by atomic mass is 32.2. The molecular weight excluding hydrogens is 595 g/mol. The molecule has 0 spiro atoms. The third kappa shape index (κ3) is 8.24. The van der Waals surface area contributed by atoms with Crippen molar-refractivity contribution in [1.82, 2.24) is 5.32 Å². The van der Waals surface area contributed by atoms with Gasteiger partial charge in [0.05, 0.1) is 41.9 Å². The molecule has 3 atom stereocenters. The van der Waals surface area contributed by atoms with Crippen molar-refractivity contribution in [2.24, 2.45) is 17.8 Å². The highest BCUT2D eigenvalue weighted by Crippen LogP contribution is 2.45. The van der Waals surface area contributed by atoms with Crippen molar-refractivity contribution in [3.63, 3.8) is 0 Å². The molecule has 2 N–H and O–H groups in total. The quantitative estimate of drug-likeness (QED) is 0.307. The van der Waals surface area contributed by atoms with E-state index in [-0.39, 0.29) is 47.5 Å². The first kappa shape index (κ1) is 33.1. The lowest BCUT2D eigenvalue weighted by Gasteiger charge is -2.33. The van der Waals surface area contributed by atoms with Crippen LogP contribution in [-0.4, -0.2) is 63.8 Å². The summed E-state index contributed by atoms with van der Waals surface area (Å²) in [5.74, 6) is -1.72. The molecule has 0 radical (unpaired) electrons. The molecule has 2 fully saturated rings. The molecular formula is C30H37F5N2O5S. The third-order valence-corrected chi connectivity index (χ3v) is 10.5. The van der Waals surface area contributed by atoms with Crippen molar-refractivity contribution in [2.45, 2.75) is 68.8 Å². The minimum absolute atomic E-state index is 0.0347. The van der Waals surface area contributed by atoms with E-state index in [1.165, 1.54) is 31.2 Å². The summed E-state index contributed by atoms with van der Waals surface area (Å²) in [6.07, 6.45) is -2.66. The largest absolute Gasteiger partial charge is 0.394 e. The maximum Gasteiger partial charge on any atom is 0.391 e. The highest BCUT2D eigenvalue weighted by molar-refractivity contribution is 7.91. The molecule has 1 aliphatic carbocycles. The second kappa shape index (κ2) is 13.9. The van der Waals surface area contributed by atoms with E-state index in [9.17, 15) is 40.3 Å². The van der Waals surface area contributed by atoms with Crippen molar-refractivity contribution in [1.29, 1.82) is 0 Å². The van der Waals surface area contributed by atoms with Gasteiger partial charge in [-0.1, -0.05) is 19.1 Å². The lowest BCUT2D eigenvalue weighted by atomic mass is 9.75. The van der Waals surface area contributed by atoms with Crippen LogP contribution in [0.15, 0.2) is 53.4 Å². The van der Waals surface area contributed by atoms with Crippen molar-refractivity contribution in [3.8, 4) is 0 Å². The number of carbonyl (C=O) groups is 1. The van der Waals surface area contributed by atoms with Crippen LogP contribution in [0.2, 0.25) is 0 Å². The summed E-state index contributed by atoms with van der Waals surface area (Å²) in [6, 6.07) is 11.3. The van der Waals surface area contributed by atoms with Crippen LogP contribution in [0.4, 0.5) is 27.6 Å². The van der Waals surface area contributed by atoms with Crippen LogP contribution in [0.3, 0.4) is 0 Å². The molecule has 2 aromatic carbocycles. The number of alkyl halides is 5. The van der Waals surface area contributed by atoms with E-state index in [1.807, 2.05) is 4.90 Å². The minimum Gasteiger partial charge on any atom is -0.394 e. The van der Waals surface area contributed by atoms with E-state index in [0.29, 0.717) is 37.1 Å². The molecule has 1 aliphatic heterocycles. The molecule has 1 saturated carbocycles. The number of hydrogen-bond donors (Lipinski definition) is 2. The van der Waals surface area contributed by atoms with E-state index in [2.05, 4.69) is 10.1 Å². The highest BCUT2D eigenvalue weighted by Gasteiger charge is 2.44. The molecule has 1 saturated heterocycles. The van der Waals surface area contributed by atoms with Crippen LogP contribution in [-0.2, 0) is 14.6 Å². The van der Waals surface area contributed by atoms with Gasteiger partial charge >= 0.3 is 12.8 Å². The Bertz CT molecular complexity index is 1310. The van der Waals surface area contributed by atoms with E-state index >= 15 is 0 Å². The molecule has 43 heavy (non-hydrogen) atoms. The predicted octanol–water partition coefficient (Wildman–Crippen LogP) is 5.75. The lowest BCUT2D eigenvalue weighted by molar-refractivity contribution is -0.184. The van der Waals surface area contributed by atoms with Crippen LogP contribution >= 0.6 is 0 Å². The van der Waals surface area contributed by atoms with Gasteiger partial charge in [-0.15, -0.1) is 0 Å². The summed E-state index contributed by atoms with van der Waals surface area (Å²) in [4.78, 5) is 15.0. The first-order chi connectivity index (χ1) is 20.3. The second-order valence-electron chi connectivity index (χ2n) is 11.3. The fourth-order valence-corrected chi connectivity index (χ4v) is 7.11. The van der Waals surface area contributed by atoms with Gasteiger partial charge in [-0.05, 0) is 85.9 Å². The zero-order chi connectivity index (χ0) is 31.4. The number of sulfone groups is 1. The number of amides is 1. The maximum atomic E-state index is 13.1. The smallest absolute Gasteiger partial charge is 0.391 e. The summed E-state index contributed by atoms with van der Waals surface area (Å²) >= 11 is 0. The molecule has 238 valence electrons. The SMILES string of the molecule is CCS(=O)(=O)c1ccc([C@H](CO)NC(=O)c2ccc(N3CC(C4CCC(C(F)(F)F)CC4)C[C@H]3COC(F)F)cc2)cc1. The van der Waals surface area contributed by atoms with Crippen LogP contribution in [0.25, 0.3) is 0 Å². The van der Waals surface area contributed by atoms with E-state index < -0.39 is 53.1 Å². The topological polar surface area (TPSA) is 95.9 Å². The number of nitrogens with zero attached hydrogens (tertiary/aromatic N) is 1. The van der Waals surface area contributed by atoms with Gasteiger partial charge in [0.2, 0.25) is 0 Å². The monoisotopic (exact) mass is 632 g/mol. The molecule has 2 aliphatic rings.